The molecule has 0 aromatic heterocycles. The lowest BCUT2D eigenvalue weighted by molar-refractivity contribution is -0.128. The van der Waals surface area contributed by atoms with Crippen molar-refractivity contribution < 1.29 is 19.4 Å². The fourth-order valence-corrected chi connectivity index (χ4v) is 4.16. The summed E-state index contributed by atoms with van der Waals surface area (Å²) in [5.41, 5.74) is 10.1. The van der Waals surface area contributed by atoms with Crippen LogP contribution < -0.4 is 10.1 Å². The first-order valence-electron chi connectivity index (χ1n) is 12.5. The fraction of sp³-hybridized carbons (Fsp3) is 0.481. The molecule has 192 valence electrons. The van der Waals surface area contributed by atoms with Crippen molar-refractivity contribution in [2.45, 2.75) is 64.1 Å². The third-order valence-corrected chi connectivity index (χ3v) is 6.28. The normalized spacial score (nSPS) is 18.6. The number of nitrogens with zero attached hydrogens (tertiary/aromatic N) is 4. The van der Waals surface area contributed by atoms with Gasteiger partial charge >= 0.3 is 0 Å². The maximum absolute atomic E-state index is 13.6. The Balaban J connectivity index is 1.91. The highest BCUT2D eigenvalue weighted by molar-refractivity contribution is 6.00. The van der Waals surface area contributed by atoms with Crippen molar-refractivity contribution in [3.8, 4) is 5.75 Å². The molecule has 0 unspecified atom stereocenters. The predicted molar refractivity (Wildman–Crippen MR) is 139 cm³/mol. The lowest BCUT2D eigenvalue weighted by Crippen LogP contribution is -2.52. The fourth-order valence-electron chi connectivity index (χ4n) is 4.16. The van der Waals surface area contributed by atoms with Crippen LogP contribution in [0.1, 0.15) is 56.2 Å². The topological polar surface area (TPSA) is 129 Å². The van der Waals surface area contributed by atoms with Crippen LogP contribution in [0.5, 0.6) is 5.75 Å². The van der Waals surface area contributed by atoms with Crippen LogP contribution in [-0.2, 0) is 22.5 Å². The van der Waals surface area contributed by atoms with E-state index in [1.807, 2.05) is 55.5 Å². The van der Waals surface area contributed by atoms with Gasteiger partial charge in [0.25, 0.3) is 5.91 Å². The Bertz CT molecular complexity index is 1080. The number of aliphatic imine (C=N–C) groups is 1. The lowest BCUT2D eigenvalue weighted by atomic mass is 9.84. The average molecular weight is 494 g/mol. The molecule has 1 aliphatic heterocycles. The van der Waals surface area contributed by atoms with Crippen molar-refractivity contribution in [1.29, 1.82) is 0 Å². The van der Waals surface area contributed by atoms with Gasteiger partial charge in [0.15, 0.2) is 5.54 Å². The van der Waals surface area contributed by atoms with Gasteiger partial charge in [0.05, 0.1) is 13.2 Å². The van der Waals surface area contributed by atoms with Gasteiger partial charge in [0, 0.05) is 36.5 Å². The Kier molecular flexibility index (Phi) is 10.2. The molecule has 0 bridgehead atoms. The Morgan fingerprint density at radius 1 is 1.19 bits per heavy atom. The zero-order valence-electron chi connectivity index (χ0n) is 21.0. The molecule has 0 saturated carbocycles. The van der Waals surface area contributed by atoms with Crippen molar-refractivity contribution in [1.82, 2.24) is 5.32 Å². The van der Waals surface area contributed by atoms with Crippen LogP contribution in [0, 0.1) is 0 Å². The zero-order valence-corrected chi connectivity index (χ0v) is 21.0. The monoisotopic (exact) mass is 493 g/mol. The van der Waals surface area contributed by atoms with E-state index in [2.05, 4.69) is 22.3 Å². The van der Waals surface area contributed by atoms with Gasteiger partial charge in [-0.1, -0.05) is 49.1 Å². The standard InChI is InChI=1S/C27H35N5O4/c1-3-4-7-15-29-26(34)27(18-22-9-5-6-10-23(22)19-30-32-28)20(2)36-25(31-27)21-11-13-24(14-12-21)35-17-8-16-33/h5-6,9-14,20,33H,3-4,7-8,15-19H2,1-2H3,(H,29,34)/t20-,27-/m1/s1. The van der Waals surface area contributed by atoms with Crippen LogP contribution >= 0.6 is 0 Å². The first kappa shape index (κ1) is 27.0. The molecule has 2 atom stereocenters. The van der Waals surface area contributed by atoms with Crippen molar-refractivity contribution in [3.05, 3.63) is 75.7 Å². The minimum absolute atomic E-state index is 0.0786. The summed E-state index contributed by atoms with van der Waals surface area (Å²) in [5.74, 6) is 0.912. The van der Waals surface area contributed by atoms with E-state index < -0.39 is 11.6 Å². The number of ether oxygens (including phenoxy) is 2. The van der Waals surface area contributed by atoms with Gasteiger partial charge in [-0.25, -0.2) is 4.99 Å². The van der Waals surface area contributed by atoms with Crippen LogP contribution in [0.2, 0.25) is 0 Å². The van der Waals surface area contributed by atoms with Crippen LogP contribution in [0.3, 0.4) is 0 Å². The zero-order chi connectivity index (χ0) is 25.8. The summed E-state index contributed by atoms with van der Waals surface area (Å²) in [6, 6.07) is 15.0. The van der Waals surface area contributed by atoms with Gasteiger partial charge in [-0.3, -0.25) is 4.79 Å². The number of aliphatic hydroxyl groups is 1. The van der Waals surface area contributed by atoms with Gasteiger partial charge < -0.3 is 19.9 Å². The van der Waals surface area contributed by atoms with Gasteiger partial charge in [-0.15, -0.1) is 0 Å². The molecule has 0 aliphatic carbocycles. The van der Waals surface area contributed by atoms with E-state index in [9.17, 15) is 4.79 Å². The first-order valence-corrected chi connectivity index (χ1v) is 12.5. The van der Waals surface area contributed by atoms with Crippen LogP contribution in [0.4, 0.5) is 0 Å². The molecule has 0 spiro atoms. The molecule has 2 aromatic rings. The molecule has 2 aromatic carbocycles. The summed E-state index contributed by atoms with van der Waals surface area (Å²) in [4.78, 5) is 21.4. The minimum atomic E-state index is -1.16. The highest BCUT2D eigenvalue weighted by Gasteiger charge is 2.50. The maximum Gasteiger partial charge on any atom is 0.252 e. The Morgan fingerprint density at radius 2 is 1.94 bits per heavy atom. The summed E-state index contributed by atoms with van der Waals surface area (Å²) in [5, 5.41) is 15.7. The largest absolute Gasteiger partial charge is 0.494 e. The molecule has 2 N–H and O–H groups in total. The average Bonchev–Trinajstić information content (AvgIpc) is 3.23. The van der Waals surface area contributed by atoms with E-state index in [-0.39, 0.29) is 19.1 Å². The van der Waals surface area contributed by atoms with Gasteiger partial charge in [-0.05, 0) is 54.3 Å². The second-order valence-electron chi connectivity index (χ2n) is 8.85. The van der Waals surface area contributed by atoms with Gasteiger partial charge in [0.2, 0.25) is 5.90 Å². The second-order valence-corrected chi connectivity index (χ2v) is 8.85. The van der Waals surface area contributed by atoms with Crippen LogP contribution in [0.15, 0.2) is 58.6 Å². The SMILES string of the molecule is CCCCCNC(=O)[C@]1(Cc2ccccc2CN=[N+]=[N-])N=C(c2ccc(OCCCO)cc2)O[C@@H]1C. The molecule has 1 amide bonds. The van der Waals surface area contributed by atoms with Gasteiger partial charge in [-0.2, -0.15) is 0 Å². The molecule has 0 saturated heterocycles. The predicted octanol–water partition coefficient (Wildman–Crippen LogP) is 4.71. The molecule has 36 heavy (non-hydrogen) atoms. The number of hydrogen-bond donors (Lipinski definition) is 2. The second kappa shape index (κ2) is 13.5. The summed E-state index contributed by atoms with van der Waals surface area (Å²) < 4.78 is 11.8. The van der Waals surface area contributed by atoms with Crippen LogP contribution in [-0.4, -0.2) is 48.3 Å². The Labute approximate surface area is 212 Å². The van der Waals surface area contributed by atoms with Crippen molar-refractivity contribution in [2.24, 2.45) is 10.1 Å². The number of aliphatic hydroxyl groups excluding tert-OH is 1. The van der Waals surface area contributed by atoms with E-state index >= 15 is 0 Å². The van der Waals surface area contributed by atoms with Crippen molar-refractivity contribution in [3.63, 3.8) is 0 Å². The maximum atomic E-state index is 13.6. The number of rotatable bonds is 14. The third kappa shape index (κ3) is 6.77. The quantitative estimate of drug-likeness (QED) is 0.171. The summed E-state index contributed by atoms with van der Waals surface area (Å²) in [6.07, 6.45) is 3.37. The number of hydrogen-bond acceptors (Lipinski definition) is 6. The first-order chi connectivity index (χ1) is 17.5. The minimum Gasteiger partial charge on any atom is -0.494 e. The van der Waals surface area contributed by atoms with E-state index in [0.717, 1.165) is 36.0 Å². The highest BCUT2D eigenvalue weighted by Crippen LogP contribution is 2.34. The summed E-state index contributed by atoms with van der Waals surface area (Å²) in [7, 11) is 0. The van der Waals surface area contributed by atoms with Crippen LogP contribution in [0.25, 0.3) is 10.4 Å². The number of nitrogens with one attached hydrogen (secondary N) is 1. The summed E-state index contributed by atoms with van der Waals surface area (Å²) >= 11 is 0. The van der Waals surface area contributed by atoms with E-state index in [4.69, 9.17) is 25.1 Å². The van der Waals surface area contributed by atoms with Crippen molar-refractivity contribution >= 4 is 11.8 Å². The highest BCUT2D eigenvalue weighted by atomic mass is 16.5. The molecule has 1 aliphatic rings. The molecular formula is C27H35N5O4. The Morgan fingerprint density at radius 3 is 2.64 bits per heavy atom. The molecule has 1 heterocycles. The number of azide groups is 1. The Hall–Kier alpha value is -3.55. The van der Waals surface area contributed by atoms with E-state index in [1.54, 1.807) is 0 Å². The van der Waals surface area contributed by atoms with E-state index in [0.29, 0.717) is 37.6 Å². The number of amides is 1. The van der Waals surface area contributed by atoms with E-state index in [1.165, 1.54) is 0 Å². The third-order valence-electron chi connectivity index (χ3n) is 6.28. The smallest absolute Gasteiger partial charge is 0.252 e. The number of benzene rings is 2. The number of carbonyl (C=O) groups excluding carboxylic acids is 1. The molecule has 0 fully saturated rings. The lowest BCUT2D eigenvalue weighted by Gasteiger charge is -2.29. The van der Waals surface area contributed by atoms with Crippen molar-refractivity contribution in [2.75, 3.05) is 19.8 Å². The molecule has 9 nitrogen and oxygen atoms in total. The number of carbonyl (C=O) groups is 1. The summed E-state index contributed by atoms with van der Waals surface area (Å²) in [6.45, 7) is 5.27. The molecule has 0 radical (unpaired) electrons. The molecule has 9 heteroatoms. The molecule has 3 rings (SSSR count). The molecular weight excluding hydrogens is 458 g/mol. The van der Waals surface area contributed by atoms with Gasteiger partial charge in [0.1, 0.15) is 11.9 Å². The number of unbranched alkanes of at least 4 members (excludes halogenated alkanes) is 2.